The highest BCUT2D eigenvalue weighted by Crippen LogP contribution is 2.34. The van der Waals surface area contributed by atoms with Crippen molar-refractivity contribution in [2.24, 2.45) is 0 Å². The van der Waals surface area contributed by atoms with Crippen molar-refractivity contribution in [3.8, 4) is 11.8 Å². The average molecular weight is 372 g/mol. The lowest BCUT2D eigenvalue weighted by Gasteiger charge is -2.17. The minimum absolute atomic E-state index is 0.170. The van der Waals surface area contributed by atoms with E-state index in [1.165, 1.54) is 6.33 Å². The molecule has 2 aromatic heterocycles. The Morgan fingerprint density at radius 1 is 1.37 bits per heavy atom. The maximum absolute atomic E-state index is 11.9. The van der Waals surface area contributed by atoms with Crippen molar-refractivity contribution in [1.29, 1.82) is 0 Å². The molecule has 4 atom stereocenters. The first kappa shape index (κ1) is 19.0. The molecule has 142 valence electrons. The largest absolute Gasteiger partial charge is 0.387 e. The van der Waals surface area contributed by atoms with E-state index in [0.717, 1.165) is 0 Å². The van der Waals surface area contributed by atoms with Crippen LogP contribution in [0, 0.1) is 11.8 Å². The van der Waals surface area contributed by atoms with E-state index in [0.29, 0.717) is 22.4 Å². The molecule has 0 unspecified atom stereocenters. The van der Waals surface area contributed by atoms with E-state index in [1.807, 2.05) is 0 Å². The van der Waals surface area contributed by atoms with E-state index < -0.39 is 24.5 Å². The van der Waals surface area contributed by atoms with Crippen molar-refractivity contribution in [3.63, 3.8) is 0 Å². The van der Waals surface area contributed by atoms with Gasteiger partial charge in [-0.2, -0.15) is 0 Å². The van der Waals surface area contributed by atoms with Gasteiger partial charge in [0.1, 0.15) is 36.6 Å². The molecule has 0 bridgehead atoms. The average Bonchev–Trinajstić information content (AvgIpc) is 3.19. The number of amides is 1. The van der Waals surface area contributed by atoms with E-state index >= 15 is 0 Å². The van der Waals surface area contributed by atoms with Gasteiger partial charge >= 0.3 is 0 Å². The third-order valence-electron chi connectivity index (χ3n) is 4.25. The van der Waals surface area contributed by atoms with Gasteiger partial charge in [-0.1, -0.05) is 18.4 Å². The van der Waals surface area contributed by atoms with Crippen LogP contribution in [0.25, 0.3) is 11.0 Å². The lowest BCUT2D eigenvalue weighted by molar-refractivity contribution is -0.112. The monoisotopic (exact) mass is 372 g/mol. The van der Waals surface area contributed by atoms with Crippen LogP contribution in [0.5, 0.6) is 0 Å². The Balaban J connectivity index is 1.89. The predicted molar refractivity (Wildman–Crippen MR) is 96.4 cm³/mol. The zero-order chi connectivity index (χ0) is 19.6. The number of carbonyl (C=O) groups is 1. The van der Waals surface area contributed by atoms with Crippen molar-refractivity contribution < 1.29 is 24.9 Å². The molecule has 1 amide bonds. The minimum Gasteiger partial charge on any atom is -0.387 e. The van der Waals surface area contributed by atoms with Gasteiger partial charge in [0.2, 0.25) is 0 Å². The third kappa shape index (κ3) is 3.70. The molecule has 9 heteroatoms. The van der Waals surface area contributed by atoms with Gasteiger partial charge in [0, 0.05) is 18.2 Å². The lowest BCUT2D eigenvalue weighted by Crippen LogP contribution is -2.31. The molecule has 3 rings (SSSR count). The molecule has 0 radical (unpaired) electrons. The number of ether oxygens (including phenoxy) is 1. The van der Waals surface area contributed by atoms with Crippen LogP contribution in [0.3, 0.4) is 0 Å². The SMILES string of the molecule is C=C(C)C(=O)Nc1ncnc2c1ccn2[C@@H]1O[C@H](CC#CCO)[C@@H](O)[C@H]1O. The number of hydrogen-bond donors (Lipinski definition) is 4. The Bertz CT molecular complexity index is 929. The highest BCUT2D eigenvalue weighted by molar-refractivity contribution is 6.06. The molecule has 4 N–H and O–H groups in total. The number of hydrogen-bond acceptors (Lipinski definition) is 7. The van der Waals surface area contributed by atoms with E-state index in [1.54, 1.807) is 23.8 Å². The molecule has 3 heterocycles. The number of nitrogens with zero attached hydrogens (tertiary/aromatic N) is 3. The highest BCUT2D eigenvalue weighted by Gasteiger charge is 2.43. The first-order chi connectivity index (χ1) is 12.9. The Hall–Kier alpha value is -2.77. The van der Waals surface area contributed by atoms with E-state index in [-0.39, 0.29) is 18.9 Å². The maximum atomic E-state index is 11.9. The first-order valence-corrected chi connectivity index (χ1v) is 8.30. The molecule has 0 saturated carbocycles. The number of carbonyl (C=O) groups excluding carboxylic acids is 1. The van der Waals surface area contributed by atoms with Gasteiger partial charge in [-0.15, -0.1) is 0 Å². The second-order valence-electron chi connectivity index (χ2n) is 6.18. The summed E-state index contributed by atoms with van der Waals surface area (Å²) in [5.41, 5.74) is 0.769. The van der Waals surface area contributed by atoms with Crippen molar-refractivity contribution >= 4 is 22.8 Å². The molecule has 1 aliphatic rings. The van der Waals surface area contributed by atoms with Gasteiger partial charge in [-0.3, -0.25) is 4.79 Å². The van der Waals surface area contributed by atoms with Crippen LogP contribution >= 0.6 is 0 Å². The topological polar surface area (TPSA) is 130 Å². The fourth-order valence-electron chi connectivity index (χ4n) is 2.85. The molecule has 0 aromatic carbocycles. The normalized spacial score (nSPS) is 24.4. The number of nitrogens with one attached hydrogen (secondary N) is 1. The standard InChI is InChI=1S/C18H20N4O5/c1-10(2)17(26)21-15-11-6-7-22(16(11)20-9-19-15)18-14(25)13(24)12(27-18)5-3-4-8-23/h6-7,9,12-14,18,23-25H,1,5,8H2,2H3,(H,19,20,21,26)/t12-,13-,14-,18-/m1/s1. The molecular weight excluding hydrogens is 352 g/mol. The van der Waals surface area contributed by atoms with Crippen LogP contribution in [-0.2, 0) is 9.53 Å². The van der Waals surface area contributed by atoms with Crippen molar-refractivity contribution in [1.82, 2.24) is 14.5 Å². The Morgan fingerprint density at radius 3 is 2.85 bits per heavy atom. The number of anilines is 1. The number of rotatable bonds is 4. The molecule has 9 nitrogen and oxygen atoms in total. The van der Waals surface area contributed by atoms with Crippen LogP contribution < -0.4 is 5.32 Å². The van der Waals surface area contributed by atoms with Crippen molar-refractivity contribution in [3.05, 3.63) is 30.7 Å². The zero-order valence-electron chi connectivity index (χ0n) is 14.7. The molecule has 2 aromatic rings. The summed E-state index contributed by atoms with van der Waals surface area (Å²) in [5, 5.41) is 32.5. The summed E-state index contributed by atoms with van der Waals surface area (Å²) < 4.78 is 7.33. The van der Waals surface area contributed by atoms with E-state index in [2.05, 4.69) is 33.7 Å². The van der Waals surface area contributed by atoms with Gasteiger partial charge in [0.15, 0.2) is 6.23 Å². The fraction of sp³-hybridized carbons (Fsp3) is 0.389. The Kier molecular flexibility index (Phi) is 5.53. The van der Waals surface area contributed by atoms with Crippen LogP contribution in [0.2, 0.25) is 0 Å². The van der Waals surface area contributed by atoms with Crippen LogP contribution in [-0.4, -0.2) is 60.7 Å². The number of aliphatic hydroxyl groups excluding tert-OH is 3. The number of fused-ring (bicyclic) bond motifs is 1. The molecule has 1 saturated heterocycles. The first-order valence-electron chi connectivity index (χ1n) is 8.30. The van der Waals surface area contributed by atoms with Crippen molar-refractivity contribution in [2.75, 3.05) is 11.9 Å². The summed E-state index contributed by atoms with van der Waals surface area (Å²) in [6, 6.07) is 1.69. The lowest BCUT2D eigenvalue weighted by atomic mass is 10.1. The summed E-state index contributed by atoms with van der Waals surface area (Å²) in [6.07, 6.45) is -0.810. The Morgan fingerprint density at radius 2 is 2.15 bits per heavy atom. The van der Waals surface area contributed by atoms with Gasteiger partial charge in [0.05, 0.1) is 11.5 Å². The van der Waals surface area contributed by atoms with Gasteiger partial charge in [-0.25, -0.2) is 9.97 Å². The predicted octanol–water partition coefficient (Wildman–Crippen LogP) is -0.0491. The molecule has 0 spiro atoms. The molecule has 1 fully saturated rings. The summed E-state index contributed by atoms with van der Waals surface area (Å²) >= 11 is 0. The number of aliphatic hydroxyl groups is 3. The molecule has 1 aliphatic heterocycles. The summed E-state index contributed by atoms with van der Waals surface area (Å²) in [7, 11) is 0. The minimum atomic E-state index is -1.19. The zero-order valence-corrected chi connectivity index (χ0v) is 14.7. The van der Waals surface area contributed by atoms with Crippen LogP contribution in [0.1, 0.15) is 19.6 Å². The van der Waals surface area contributed by atoms with Gasteiger partial charge < -0.3 is 29.9 Å². The number of aromatic nitrogens is 3. The molecule has 27 heavy (non-hydrogen) atoms. The quantitative estimate of drug-likeness (QED) is 0.437. The van der Waals surface area contributed by atoms with E-state index in [4.69, 9.17) is 9.84 Å². The van der Waals surface area contributed by atoms with Crippen molar-refractivity contribution in [2.45, 2.75) is 37.9 Å². The molecular formula is C18H20N4O5. The molecule has 0 aliphatic carbocycles. The second kappa shape index (κ2) is 7.85. The third-order valence-corrected chi connectivity index (χ3v) is 4.25. The summed E-state index contributed by atoms with van der Waals surface area (Å²) in [5.74, 6) is 5.12. The Labute approximate surface area is 155 Å². The second-order valence-corrected chi connectivity index (χ2v) is 6.18. The van der Waals surface area contributed by atoms with Gasteiger partial charge in [0.25, 0.3) is 5.91 Å². The van der Waals surface area contributed by atoms with Crippen LogP contribution in [0.15, 0.2) is 30.7 Å². The highest BCUT2D eigenvalue weighted by atomic mass is 16.6. The smallest absolute Gasteiger partial charge is 0.251 e. The summed E-state index contributed by atoms with van der Waals surface area (Å²) in [6.45, 7) is 4.89. The van der Waals surface area contributed by atoms with Gasteiger partial charge in [-0.05, 0) is 13.0 Å². The van der Waals surface area contributed by atoms with E-state index in [9.17, 15) is 15.0 Å². The summed E-state index contributed by atoms with van der Waals surface area (Å²) in [4.78, 5) is 20.2. The fourth-order valence-corrected chi connectivity index (χ4v) is 2.85. The van der Waals surface area contributed by atoms with Crippen LogP contribution in [0.4, 0.5) is 5.82 Å². The maximum Gasteiger partial charge on any atom is 0.251 e.